The molecule has 2 aromatic rings. The van der Waals surface area contributed by atoms with E-state index < -0.39 is 27.6 Å². The maximum Gasteiger partial charge on any atom is 0.221 e. The molecule has 0 radical (unpaired) electrons. The zero-order valence-electron chi connectivity index (χ0n) is 17.1. The van der Waals surface area contributed by atoms with Crippen LogP contribution in [-0.2, 0) is 15.8 Å². The van der Waals surface area contributed by atoms with E-state index in [9.17, 15) is 9.00 Å². The standard InChI is InChI=1S/C21H26ClFN2O3S/c1-6-18(25-29(27)21(3,4)5)16-11-12-17(22)20(19(16)23)28-15-9-7-14(8-10-15)24-13(2)26/h7-12,18,25H,6H2,1-5H3,(H,24,26)/t18-,29-/m1/s1. The number of carbonyl (C=O) groups excluding carboxylic acids is 1. The molecule has 0 saturated carbocycles. The third-order valence-corrected chi connectivity index (χ3v) is 5.97. The fourth-order valence-electron chi connectivity index (χ4n) is 2.51. The zero-order valence-corrected chi connectivity index (χ0v) is 18.7. The molecule has 0 spiro atoms. The summed E-state index contributed by atoms with van der Waals surface area (Å²) in [6, 6.07) is 9.19. The summed E-state index contributed by atoms with van der Waals surface area (Å²) in [5.41, 5.74) is 0.935. The van der Waals surface area contributed by atoms with Gasteiger partial charge in [-0.05, 0) is 57.5 Å². The second kappa shape index (κ2) is 9.69. The van der Waals surface area contributed by atoms with Gasteiger partial charge in [-0.25, -0.2) is 13.3 Å². The lowest BCUT2D eigenvalue weighted by Crippen LogP contribution is -2.35. The van der Waals surface area contributed by atoms with Gasteiger partial charge in [0.15, 0.2) is 11.6 Å². The Kier molecular flexibility index (Phi) is 7.80. The molecule has 5 nitrogen and oxygen atoms in total. The van der Waals surface area contributed by atoms with Gasteiger partial charge in [0.05, 0.1) is 20.8 Å². The number of hydrogen-bond donors (Lipinski definition) is 2. The van der Waals surface area contributed by atoms with Gasteiger partial charge in [0, 0.05) is 24.2 Å². The Balaban J connectivity index is 2.30. The van der Waals surface area contributed by atoms with E-state index in [4.69, 9.17) is 16.3 Å². The molecule has 2 N–H and O–H groups in total. The number of carbonyl (C=O) groups is 1. The van der Waals surface area contributed by atoms with E-state index in [1.807, 2.05) is 27.7 Å². The number of halogens is 2. The molecule has 8 heteroatoms. The summed E-state index contributed by atoms with van der Waals surface area (Å²) < 4.78 is 35.9. The highest BCUT2D eigenvalue weighted by Crippen LogP contribution is 2.37. The van der Waals surface area contributed by atoms with Crippen LogP contribution in [0.15, 0.2) is 36.4 Å². The first-order chi connectivity index (χ1) is 13.5. The predicted molar refractivity (Wildman–Crippen MR) is 116 cm³/mol. The van der Waals surface area contributed by atoms with E-state index >= 15 is 4.39 Å². The zero-order chi connectivity index (χ0) is 21.8. The van der Waals surface area contributed by atoms with Gasteiger partial charge < -0.3 is 10.1 Å². The van der Waals surface area contributed by atoms with Crippen molar-refractivity contribution in [3.05, 3.63) is 52.8 Å². The molecular formula is C21H26ClFN2O3S. The van der Waals surface area contributed by atoms with Crippen molar-refractivity contribution in [3.63, 3.8) is 0 Å². The van der Waals surface area contributed by atoms with Crippen LogP contribution in [0.5, 0.6) is 11.5 Å². The van der Waals surface area contributed by atoms with Crippen LogP contribution in [0.25, 0.3) is 0 Å². The third kappa shape index (κ3) is 6.26. The van der Waals surface area contributed by atoms with E-state index in [0.29, 0.717) is 23.4 Å². The number of hydrogen-bond acceptors (Lipinski definition) is 3. The lowest BCUT2D eigenvalue weighted by atomic mass is 10.0. The molecule has 0 bridgehead atoms. The third-order valence-electron chi connectivity index (χ3n) is 4.06. The van der Waals surface area contributed by atoms with Gasteiger partial charge in [-0.1, -0.05) is 24.6 Å². The Labute approximate surface area is 178 Å². The Morgan fingerprint density at radius 3 is 2.34 bits per heavy atom. The van der Waals surface area contributed by atoms with Crippen molar-refractivity contribution in [1.29, 1.82) is 0 Å². The molecule has 0 aliphatic heterocycles. The minimum Gasteiger partial charge on any atom is -0.453 e. The maximum atomic E-state index is 15.2. The van der Waals surface area contributed by atoms with Crippen molar-refractivity contribution >= 4 is 34.2 Å². The Morgan fingerprint density at radius 1 is 1.21 bits per heavy atom. The maximum absolute atomic E-state index is 15.2. The molecule has 0 aromatic heterocycles. The Morgan fingerprint density at radius 2 is 1.83 bits per heavy atom. The second-order valence-electron chi connectivity index (χ2n) is 7.55. The van der Waals surface area contributed by atoms with Gasteiger partial charge in [-0.3, -0.25) is 4.79 Å². The first kappa shape index (κ1) is 23.3. The molecule has 2 rings (SSSR count). The van der Waals surface area contributed by atoms with E-state index in [1.54, 1.807) is 36.4 Å². The van der Waals surface area contributed by atoms with Crippen molar-refractivity contribution in [1.82, 2.24) is 4.72 Å². The number of amides is 1. The van der Waals surface area contributed by atoms with Gasteiger partial charge in [-0.15, -0.1) is 0 Å². The van der Waals surface area contributed by atoms with Gasteiger partial charge in [0.25, 0.3) is 0 Å². The molecule has 158 valence electrons. The topological polar surface area (TPSA) is 67.4 Å². The van der Waals surface area contributed by atoms with E-state index in [-0.39, 0.29) is 16.7 Å². The summed E-state index contributed by atoms with van der Waals surface area (Å²) in [6.07, 6.45) is 0.533. The summed E-state index contributed by atoms with van der Waals surface area (Å²) in [7, 11) is -1.36. The lowest BCUT2D eigenvalue weighted by Gasteiger charge is -2.24. The van der Waals surface area contributed by atoms with Crippen LogP contribution in [0.1, 0.15) is 52.6 Å². The highest BCUT2D eigenvalue weighted by atomic mass is 35.5. The summed E-state index contributed by atoms with van der Waals surface area (Å²) in [6.45, 7) is 8.84. The molecule has 2 aromatic carbocycles. The van der Waals surface area contributed by atoms with Gasteiger partial charge in [-0.2, -0.15) is 0 Å². The van der Waals surface area contributed by atoms with Gasteiger partial charge in [0.1, 0.15) is 5.75 Å². The Bertz CT molecular complexity index is 898. The van der Waals surface area contributed by atoms with Crippen LogP contribution in [0.2, 0.25) is 5.02 Å². The van der Waals surface area contributed by atoms with Gasteiger partial charge >= 0.3 is 0 Å². The van der Waals surface area contributed by atoms with Crippen LogP contribution in [0.3, 0.4) is 0 Å². The molecule has 0 aliphatic carbocycles. The normalized spacial score (nSPS) is 13.6. The highest BCUT2D eigenvalue weighted by Gasteiger charge is 2.26. The summed E-state index contributed by atoms with van der Waals surface area (Å²) in [5, 5.41) is 2.78. The molecule has 2 atom stereocenters. The smallest absolute Gasteiger partial charge is 0.221 e. The van der Waals surface area contributed by atoms with Crippen molar-refractivity contribution in [2.75, 3.05) is 5.32 Å². The van der Waals surface area contributed by atoms with E-state index in [2.05, 4.69) is 10.0 Å². The number of nitrogens with one attached hydrogen (secondary N) is 2. The largest absolute Gasteiger partial charge is 0.453 e. The van der Waals surface area contributed by atoms with Crippen LogP contribution in [0.4, 0.5) is 10.1 Å². The van der Waals surface area contributed by atoms with E-state index in [0.717, 1.165) is 0 Å². The van der Waals surface area contributed by atoms with Crippen LogP contribution in [-0.4, -0.2) is 14.9 Å². The average Bonchev–Trinajstić information content (AvgIpc) is 2.63. The SMILES string of the molecule is CC[C@@H](N[S@](=O)C(C)(C)C)c1ccc(Cl)c(Oc2ccc(NC(C)=O)cc2)c1F. The predicted octanol–water partition coefficient (Wildman–Crippen LogP) is 5.73. The first-order valence-corrected chi connectivity index (χ1v) is 10.8. The van der Waals surface area contributed by atoms with Crippen molar-refractivity contribution in [2.24, 2.45) is 0 Å². The monoisotopic (exact) mass is 440 g/mol. The number of ether oxygens (including phenoxy) is 1. The number of benzene rings is 2. The fourth-order valence-corrected chi connectivity index (χ4v) is 3.60. The minimum absolute atomic E-state index is 0.0989. The molecule has 29 heavy (non-hydrogen) atoms. The molecular weight excluding hydrogens is 415 g/mol. The van der Waals surface area contributed by atoms with E-state index in [1.165, 1.54) is 6.92 Å². The highest BCUT2D eigenvalue weighted by molar-refractivity contribution is 7.84. The first-order valence-electron chi connectivity index (χ1n) is 9.24. The summed E-state index contributed by atoms with van der Waals surface area (Å²) in [5.74, 6) is -0.519. The Hall–Kier alpha value is -1.96. The second-order valence-corrected chi connectivity index (χ2v) is 9.95. The lowest BCUT2D eigenvalue weighted by molar-refractivity contribution is -0.114. The van der Waals surface area contributed by atoms with Gasteiger partial charge in [0.2, 0.25) is 5.91 Å². The molecule has 0 aliphatic rings. The minimum atomic E-state index is -1.36. The van der Waals surface area contributed by atoms with Crippen molar-refractivity contribution in [2.45, 2.75) is 51.8 Å². The molecule has 0 saturated heterocycles. The fraction of sp³-hybridized carbons (Fsp3) is 0.381. The molecule has 0 fully saturated rings. The average molecular weight is 441 g/mol. The molecule has 0 heterocycles. The number of rotatable bonds is 7. The van der Waals surface area contributed by atoms with Crippen LogP contribution < -0.4 is 14.8 Å². The molecule has 0 unspecified atom stereocenters. The summed E-state index contributed by atoms with van der Waals surface area (Å²) >= 11 is 6.18. The van der Waals surface area contributed by atoms with Crippen molar-refractivity contribution in [3.8, 4) is 11.5 Å². The van der Waals surface area contributed by atoms with Crippen LogP contribution >= 0.6 is 11.6 Å². The summed E-state index contributed by atoms with van der Waals surface area (Å²) in [4.78, 5) is 11.1. The van der Waals surface area contributed by atoms with Crippen LogP contribution in [0, 0.1) is 5.82 Å². The molecule has 1 amide bonds. The quantitative estimate of drug-likeness (QED) is 0.577. The van der Waals surface area contributed by atoms with Crippen molar-refractivity contribution < 1.29 is 18.1 Å². The number of anilines is 1.